The molecule has 0 saturated heterocycles. The molecule has 1 amide bonds. The van der Waals surface area contributed by atoms with Gasteiger partial charge in [-0.25, -0.2) is 9.37 Å². The van der Waals surface area contributed by atoms with Gasteiger partial charge in [0.25, 0.3) is 0 Å². The largest absolute Gasteiger partial charge is 0.366 e. The van der Waals surface area contributed by atoms with Gasteiger partial charge in [0.1, 0.15) is 11.6 Å². The van der Waals surface area contributed by atoms with E-state index in [9.17, 15) is 9.18 Å². The number of aromatic nitrogens is 2. The van der Waals surface area contributed by atoms with Gasteiger partial charge in [-0.15, -0.1) is 0 Å². The van der Waals surface area contributed by atoms with Crippen LogP contribution in [0.3, 0.4) is 0 Å². The van der Waals surface area contributed by atoms with E-state index in [-0.39, 0.29) is 5.82 Å². The number of halogens is 1. The second-order valence-corrected chi connectivity index (χ2v) is 4.57. The molecule has 20 heavy (non-hydrogen) atoms. The number of aryl methyl sites for hydroxylation is 1. The predicted molar refractivity (Wildman–Crippen MR) is 74.6 cm³/mol. The van der Waals surface area contributed by atoms with Gasteiger partial charge in [-0.05, 0) is 42.5 Å². The smallest absolute Gasteiger partial charge is 0.248 e. The van der Waals surface area contributed by atoms with Crippen LogP contribution in [-0.4, -0.2) is 15.5 Å². The summed E-state index contributed by atoms with van der Waals surface area (Å²) in [6.45, 7) is 0. The number of rotatable bonds is 2. The number of carbonyl (C=O) groups is 1. The van der Waals surface area contributed by atoms with Gasteiger partial charge < -0.3 is 10.3 Å². The third-order valence-electron chi connectivity index (χ3n) is 3.27. The molecule has 2 aromatic carbocycles. The Hall–Kier alpha value is -2.69. The van der Waals surface area contributed by atoms with E-state index in [0.717, 1.165) is 11.1 Å². The van der Waals surface area contributed by atoms with Gasteiger partial charge in [0, 0.05) is 18.2 Å². The van der Waals surface area contributed by atoms with Crippen molar-refractivity contribution in [2.24, 2.45) is 12.8 Å². The summed E-state index contributed by atoms with van der Waals surface area (Å²) in [4.78, 5) is 15.7. The second kappa shape index (κ2) is 4.45. The van der Waals surface area contributed by atoms with Crippen LogP contribution in [0, 0.1) is 5.82 Å². The molecule has 4 nitrogen and oxygen atoms in total. The molecule has 100 valence electrons. The lowest BCUT2D eigenvalue weighted by Crippen LogP contribution is -2.10. The lowest BCUT2D eigenvalue weighted by molar-refractivity contribution is 0.100. The molecule has 1 aromatic heterocycles. The average Bonchev–Trinajstić information content (AvgIpc) is 2.76. The van der Waals surface area contributed by atoms with Crippen molar-refractivity contribution in [1.82, 2.24) is 9.55 Å². The predicted octanol–water partition coefficient (Wildman–Crippen LogP) is 2.48. The molecule has 0 fully saturated rings. The highest BCUT2D eigenvalue weighted by Gasteiger charge is 2.11. The fraction of sp³-hybridized carbons (Fsp3) is 0.0667. The summed E-state index contributed by atoms with van der Waals surface area (Å²) in [6.07, 6.45) is 0. The lowest BCUT2D eigenvalue weighted by atomic mass is 10.2. The normalized spacial score (nSPS) is 10.9. The van der Waals surface area contributed by atoms with Gasteiger partial charge in [0.2, 0.25) is 5.91 Å². The van der Waals surface area contributed by atoms with Crippen LogP contribution < -0.4 is 5.73 Å². The van der Waals surface area contributed by atoms with E-state index in [4.69, 9.17) is 5.73 Å². The summed E-state index contributed by atoms with van der Waals surface area (Å²) in [5.41, 5.74) is 8.06. The zero-order valence-electron chi connectivity index (χ0n) is 10.8. The molecule has 2 N–H and O–H groups in total. The Morgan fingerprint density at radius 3 is 2.55 bits per heavy atom. The summed E-state index contributed by atoms with van der Waals surface area (Å²) in [5.74, 6) is -0.0639. The molecule has 5 heteroatoms. The Bertz CT molecular complexity index is 806. The molecule has 0 unspecified atom stereocenters. The number of carbonyl (C=O) groups excluding carboxylic acids is 1. The SMILES string of the molecule is Cn1c(-c2ccc(F)cc2)nc2cc(C(N)=O)ccc21. The van der Waals surface area contributed by atoms with Crippen LogP contribution in [0.25, 0.3) is 22.4 Å². The molecule has 3 aromatic rings. The molecule has 0 saturated carbocycles. The van der Waals surface area contributed by atoms with Gasteiger partial charge in [-0.2, -0.15) is 0 Å². The maximum atomic E-state index is 13.0. The van der Waals surface area contributed by atoms with Gasteiger partial charge in [0.15, 0.2) is 0 Å². The Balaban J connectivity index is 2.19. The van der Waals surface area contributed by atoms with Crippen LogP contribution in [0.1, 0.15) is 10.4 Å². The van der Waals surface area contributed by atoms with Gasteiger partial charge in [-0.1, -0.05) is 0 Å². The van der Waals surface area contributed by atoms with Gasteiger partial charge in [-0.3, -0.25) is 4.79 Å². The molecule has 0 bridgehead atoms. The number of fused-ring (bicyclic) bond motifs is 1. The maximum absolute atomic E-state index is 13.0. The molecular weight excluding hydrogens is 257 g/mol. The number of amides is 1. The fourth-order valence-corrected chi connectivity index (χ4v) is 2.21. The molecule has 3 rings (SSSR count). The number of primary amides is 1. The van der Waals surface area contributed by atoms with Crippen molar-refractivity contribution >= 4 is 16.9 Å². The van der Waals surface area contributed by atoms with Crippen molar-refractivity contribution in [2.75, 3.05) is 0 Å². The molecule has 1 heterocycles. The van der Waals surface area contributed by atoms with E-state index >= 15 is 0 Å². The quantitative estimate of drug-likeness (QED) is 0.777. The Morgan fingerprint density at radius 1 is 1.20 bits per heavy atom. The zero-order chi connectivity index (χ0) is 14.3. The van der Waals surface area contributed by atoms with E-state index in [2.05, 4.69) is 4.98 Å². The van der Waals surface area contributed by atoms with Crippen LogP contribution in [0.4, 0.5) is 4.39 Å². The second-order valence-electron chi connectivity index (χ2n) is 4.57. The minimum atomic E-state index is -0.485. The van der Waals surface area contributed by atoms with E-state index in [1.54, 1.807) is 30.3 Å². The fourth-order valence-electron chi connectivity index (χ4n) is 2.21. The first-order valence-electron chi connectivity index (χ1n) is 6.08. The number of imidazole rings is 1. The number of nitrogens with zero attached hydrogens (tertiary/aromatic N) is 2. The number of hydrogen-bond acceptors (Lipinski definition) is 2. The highest BCUT2D eigenvalue weighted by atomic mass is 19.1. The zero-order valence-corrected chi connectivity index (χ0v) is 10.8. The lowest BCUT2D eigenvalue weighted by Gasteiger charge is -2.02. The van der Waals surface area contributed by atoms with Crippen molar-refractivity contribution < 1.29 is 9.18 Å². The first-order chi connectivity index (χ1) is 9.56. The molecule has 0 aliphatic carbocycles. The van der Waals surface area contributed by atoms with Crippen molar-refractivity contribution in [3.05, 3.63) is 53.8 Å². The average molecular weight is 269 g/mol. The summed E-state index contributed by atoms with van der Waals surface area (Å²) < 4.78 is 14.9. The van der Waals surface area contributed by atoms with Crippen LogP contribution in [0.15, 0.2) is 42.5 Å². The molecule has 0 atom stereocenters. The maximum Gasteiger partial charge on any atom is 0.248 e. The number of hydrogen-bond donors (Lipinski definition) is 1. The highest BCUT2D eigenvalue weighted by molar-refractivity contribution is 5.96. The molecule has 0 spiro atoms. The van der Waals surface area contributed by atoms with Crippen LogP contribution in [-0.2, 0) is 7.05 Å². The minimum absolute atomic E-state index is 0.288. The Labute approximate surface area is 114 Å². The number of nitrogens with two attached hydrogens (primary N) is 1. The van der Waals surface area contributed by atoms with E-state index in [1.165, 1.54) is 12.1 Å². The Morgan fingerprint density at radius 2 is 1.90 bits per heavy atom. The van der Waals surface area contributed by atoms with Crippen LogP contribution in [0.2, 0.25) is 0 Å². The third-order valence-corrected chi connectivity index (χ3v) is 3.27. The first kappa shape index (κ1) is 12.3. The molecular formula is C15H12FN3O. The molecule has 0 aliphatic rings. The van der Waals surface area contributed by atoms with E-state index in [0.29, 0.717) is 16.9 Å². The summed E-state index contributed by atoms with van der Waals surface area (Å²) in [7, 11) is 1.87. The topological polar surface area (TPSA) is 60.9 Å². The highest BCUT2D eigenvalue weighted by Crippen LogP contribution is 2.24. The van der Waals surface area contributed by atoms with Crippen molar-refractivity contribution in [1.29, 1.82) is 0 Å². The van der Waals surface area contributed by atoms with Crippen molar-refractivity contribution in [3.63, 3.8) is 0 Å². The monoisotopic (exact) mass is 269 g/mol. The van der Waals surface area contributed by atoms with Gasteiger partial charge >= 0.3 is 0 Å². The van der Waals surface area contributed by atoms with E-state index < -0.39 is 5.91 Å². The summed E-state index contributed by atoms with van der Waals surface area (Å²) in [6, 6.07) is 11.3. The standard InChI is InChI=1S/C15H12FN3O/c1-19-13-7-4-10(14(17)20)8-12(13)18-15(19)9-2-5-11(16)6-3-9/h2-8H,1H3,(H2,17,20). The summed E-state index contributed by atoms with van der Waals surface area (Å²) >= 11 is 0. The Kier molecular flexibility index (Phi) is 2.75. The van der Waals surface area contributed by atoms with Crippen LogP contribution >= 0.6 is 0 Å². The van der Waals surface area contributed by atoms with Crippen LogP contribution in [0.5, 0.6) is 0 Å². The van der Waals surface area contributed by atoms with Crippen molar-refractivity contribution in [2.45, 2.75) is 0 Å². The first-order valence-corrected chi connectivity index (χ1v) is 6.08. The summed E-state index contributed by atoms with van der Waals surface area (Å²) in [5, 5.41) is 0. The molecule has 0 radical (unpaired) electrons. The van der Waals surface area contributed by atoms with Gasteiger partial charge in [0.05, 0.1) is 11.0 Å². The number of benzene rings is 2. The van der Waals surface area contributed by atoms with E-state index in [1.807, 2.05) is 11.6 Å². The minimum Gasteiger partial charge on any atom is -0.366 e. The van der Waals surface area contributed by atoms with Crippen molar-refractivity contribution in [3.8, 4) is 11.4 Å². The molecule has 0 aliphatic heterocycles. The third kappa shape index (κ3) is 1.93.